The first kappa shape index (κ1) is 17.5. The van der Waals surface area contributed by atoms with Crippen molar-refractivity contribution in [2.24, 2.45) is 0 Å². The molecule has 2 aromatic heterocycles. The molecule has 1 saturated carbocycles. The molecular formula is C17H22N2O3S2. The van der Waals surface area contributed by atoms with Gasteiger partial charge in [-0.15, -0.1) is 22.7 Å². The van der Waals surface area contributed by atoms with Gasteiger partial charge in [0.05, 0.1) is 23.7 Å². The summed E-state index contributed by atoms with van der Waals surface area (Å²) in [4.78, 5) is 17.5. The van der Waals surface area contributed by atoms with Crippen LogP contribution in [0.5, 0.6) is 0 Å². The van der Waals surface area contributed by atoms with Crippen LogP contribution in [0.25, 0.3) is 9.88 Å². The van der Waals surface area contributed by atoms with Crippen LogP contribution in [-0.2, 0) is 4.74 Å². The van der Waals surface area contributed by atoms with Crippen molar-refractivity contribution in [1.82, 2.24) is 10.3 Å². The minimum Gasteiger partial charge on any atom is -0.389 e. The first-order valence-corrected chi connectivity index (χ1v) is 10.1. The van der Waals surface area contributed by atoms with Crippen molar-refractivity contribution >= 4 is 28.6 Å². The molecule has 0 bridgehead atoms. The molecule has 1 atom stereocenters. The SMILES string of the molecule is O=C(NCC(O)COC1CCCCC1)c1csc(-c2cccs2)n1. The Hall–Kier alpha value is -1.28. The number of carbonyl (C=O) groups excluding carboxylic acids is 1. The fourth-order valence-electron chi connectivity index (χ4n) is 2.73. The molecule has 0 aromatic carbocycles. The molecule has 1 aliphatic carbocycles. The smallest absolute Gasteiger partial charge is 0.270 e. The molecule has 2 heterocycles. The van der Waals surface area contributed by atoms with E-state index in [2.05, 4.69) is 10.3 Å². The van der Waals surface area contributed by atoms with E-state index in [9.17, 15) is 9.90 Å². The first-order chi connectivity index (χ1) is 11.7. The van der Waals surface area contributed by atoms with Crippen LogP contribution in [0.2, 0.25) is 0 Å². The number of aliphatic hydroxyl groups excluding tert-OH is 1. The lowest BCUT2D eigenvalue weighted by molar-refractivity contribution is -0.0225. The van der Waals surface area contributed by atoms with Crippen molar-refractivity contribution in [2.75, 3.05) is 13.2 Å². The lowest BCUT2D eigenvalue weighted by atomic mass is 9.98. The number of thiophene rings is 1. The van der Waals surface area contributed by atoms with Gasteiger partial charge in [-0.2, -0.15) is 0 Å². The number of nitrogens with zero attached hydrogens (tertiary/aromatic N) is 1. The van der Waals surface area contributed by atoms with Crippen LogP contribution >= 0.6 is 22.7 Å². The van der Waals surface area contributed by atoms with Gasteiger partial charge in [-0.3, -0.25) is 4.79 Å². The average molecular weight is 367 g/mol. The predicted molar refractivity (Wildman–Crippen MR) is 96.6 cm³/mol. The topological polar surface area (TPSA) is 71.5 Å². The van der Waals surface area contributed by atoms with Crippen molar-refractivity contribution in [3.8, 4) is 9.88 Å². The zero-order valence-electron chi connectivity index (χ0n) is 13.4. The standard InChI is InChI=1S/C17H22N2O3S2/c20-12(10-22-13-5-2-1-3-6-13)9-18-16(21)14-11-24-17(19-14)15-7-4-8-23-15/h4,7-8,11-13,20H,1-3,5-6,9-10H2,(H,18,21). The average Bonchev–Trinajstić information content (AvgIpc) is 3.29. The maximum absolute atomic E-state index is 12.1. The molecular weight excluding hydrogens is 344 g/mol. The van der Waals surface area contributed by atoms with Crippen molar-refractivity contribution in [2.45, 2.75) is 44.3 Å². The van der Waals surface area contributed by atoms with E-state index >= 15 is 0 Å². The molecule has 0 radical (unpaired) electrons. The van der Waals surface area contributed by atoms with Crippen molar-refractivity contribution in [3.63, 3.8) is 0 Å². The van der Waals surface area contributed by atoms with Crippen LogP contribution in [0.4, 0.5) is 0 Å². The number of ether oxygens (including phenoxy) is 1. The number of hydrogen-bond acceptors (Lipinski definition) is 6. The zero-order valence-corrected chi connectivity index (χ0v) is 15.1. The van der Waals surface area contributed by atoms with Crippen LogP contribution in [-0.4, -0.2) is 41.4 Å². The monoisotopic (exact) mass is 366 g/mol. The second-order valence-corrected chi connectivity index (χ2v) is 7.78. The number of nitrogens with one attached hydrogen (secondary N) is 1. The molecule has 5 nitrogen and oxygen atoms in total. The normalized spacial score (nSPS) is 16.9. The number of amides is 1. The highest BCUT2D eigenvalue weighted by atomic mass is 32.1. The van der Waals surface area contributed by atoms with Gasteiger partial charge in [-0.05, 0) is 24.3 Å². The summed E-state index contributed by atoms with van der Waals surface area (Å²) >= 11 is 3.05. The van der Waals surface area contributed by atoms with Gasteiger partial charge in [0, 0.05) is 11.9 Å². The molecule has 3 rings (SSSR count). The number of aromatic nitrogens is 1. The summed E-state index contributed by atoms with van der Waals surface area (Å²) < 4.78 is 5.72. The van der Waals surface area contributed by atoms with Crippen molar-refractivity contribution in [1.29, 1.82) is 0 Å². The van der Waals surface area contributed by atoms with Gasteiger partial charge in [-0.25, -0.2) is 4.98 Å². The number of aliphatic hydroxyl groups is 1. The van der Waals surface area contributed by atoms with Gasteiger partial charge in [0.2, 0.25) is 0 Å². The molecule has 2 N–H and O–H groups in total. The van der Waals surface area contributed by atoms with E-state index in [-0.39, 0.29) is 25.2 Å². The molecule has 24 heavy (non-hydrogen) atoms. The van der Waals surface area contributed by atoms with Crippen LogP contribution < -0.4 is 5.32 Å². The van der Waals surface area contributed by atoms with E-state index in [0.29, 0.717) is 5.69 Å². The summed E-state index contributed by atoms with van der Waals surface area (Å²) in [5.74, 6) is -0.259. The maximum atomic E-state index is 12.1. The highest BCUT2D eigenvalue weighted by Crippen LogP contribution is 2.27. The molecule has 0 aliphatic heterocycles. The van der Waals surface area contributed by atoms with E-state index in [1.807, 2.05) is 17.5 Å². The highest BCUT2D eigenvalue weighted by Gasteiger charge is 2.17. The van der Waals surface area contributed by atoms with E-state index in [4.69, 9.17) is 4.74 Å². The Labute approximate surface area is 149 Å². The third kappa shape index (κ3) is 4.86. The van der Waals surface area contributed by atoms with Crippen LogP contribution in [0.15, 0.2) is 22.9 Å². The lowest BCUT2D eigenvalue weighted by Gasteiger charge is -2.23. The molecule has 1 aliphatic rings. The molecule has 7 heteroatoms. The Kier molecular flexibility index (Phi) is 6.37. The molecule has 0 spiro atoms. The van der Waals surface area contributed by atoms with Crippen LogP contribution in [0.3, 0.4) is 0 Å². The Morgan fingerprint density at radius 3 is 2.96 bits per heavy atom. The minimum atomic E-state index is -0.689. The van der Waals surface area contributed by atoms with Crippen molar-refractivity contribution in [3.05, 3.63) is 28.6 Å². The summed E-state index contributed by atoms with van der Waals surface area (Å²) in [7, 11) is 0. The molecule has 130 valence electrons. The van der Waals surface area contributed by atoms with E-state index < -0.39 is 6.10 Å². The largest absolute Gasteiger partial charge is 0.389 e. The number of thiazole rings is 1. The molecule has 1 unspecified atom stereocenters. The van der Waals surface area contributed by atoms with Gasteiger partial charge in [0.15, 0.2) is 0 Å². The highest BCUT2D eigenvalue weighted by molar-refractivity contribution is 7.20. The Morgan fingerprint density at radius 2 is 2.21 bits per heavy atom. The maximum Gasteiger partial charge on any atom is 0.270 e. The van der Waals surface area contributed by atoms with Gasteiger partial charge < -0.3 is 15.2 Å². The summed E-state index contributed by atoms with van der Waals surface area (Å²) in [6.45, 7) is 0.444. The van der Waals surface area contributed by atoms with Crippen LogP contribution in [0.1, 0.15) is 42.6 Å². The second kappa shape index (κ2) is 8.71. The Morgan fingerprint density at radius 1 is 1.38 bits per heavy atom. The summed E-state index contributed by atoms with van der Waals surface area (Å²) in [5, 5.41) is 17.3. The fraction of sp³-hybridized carbons (Fsp3) is 0.529. The Bertz CT molecular complexity index is 636. The van der Waals surface area contributed by atoms with E-state index in [0.717, 1.165) is 22.7 Å². The van der Waals surface area contributed by atoms with Crippen LogP contribution in [0, 0.1) is 0 Å². The molecule has 1 amide bonds. The van der Waals surface area contributed by atoms with Gasteiger partial charge in [0.25, 0.3) is 5.91 Å². The zero-order chi connectivity index (χ0) is 16.8. The first-order valence-electron chi connectivity index (χ1n) is 8.29. The third-order valence-electron chi connectivity index (χ3n) is 4.04. The van der Waals surface area contributed by atoms with Crippen molar-refractivity contribution < 1.29 is 14.6 Å². The minimum absolute atomic E-state index is 0.178. The summed E-state index contributed by atoms with van der Waals surface area (Å²) in [6, 6.07) is 3.95. The van der Waals surface area contributed by atoms with Gasteiger partial charge in [0.1, 0.15) is 10.7 Å². The number of carbonyl (C=O) groups is 1. The molecule has 0 saturated heterocycles. The quantitative estimate of drug-likeness (QED) is 0.789. The fourth-order valence-corrected chi connectivity index (χ4v) is 4.34. The number of rotatable bonds is 7. The second-order valence-electron chi connectivity index (χ2n) is 5.97. The lowest BCUT2D eigenvalue weighted by Crippen LogP contribution is -2.35. The third-order valence-corrected chi connectivity index (χ3v) is 5.92. The summed E-state index contributed by atoms with van der Waals surface area (Å²) in [5.41, 5.74) is 0.392. The van der Waals surface area contributed by atoms with Gasteiger partial charge >= 0.3 is 0 Å². The summed E-state index contributed by atoms with van der Waals surface area (Å²) in [6.07, 6.45) is 5.40. The van der Waals surface area contributed by atoms with Gasteiger partial charge in [-0.1, -0.05) is 25.3 Å². The van der Waals surface area contributed by atoms with E-state index in [1.165, 1.54) is 30.6 Å². The number of hydrogen-bond donors (Lipinski definition) is 2. The predicted octanol–water partition coefficient (Wildman–Crippen LogP) is 3.31. The molecule has 2 aromatic rings. The van der Waals surface area contributed by atoms with E-state index in [1.54, 1.807) is 16.7 Å². The Balaban J connectivity index is 1.41. The molecule has 1 fully saturated rings.